The van der Waals surface area contributed by atoms with Gasteiger partial charge < -0.3 is 0 Å². The van der Waals surface area contributed by atoms with E-state index in [0.717, 1.165) is 11.1 Å². The number of non-ortho nitro benzene ring substituents is 1. The normalized spacial score (nSPS) is 12.1. The summed E-state index contributed by atoms with van der Waals surface area (Å²) in [5.74, 6) is -0.327. The average molecular weight is 266 g/mol. The van der Waals surface area contributed by atoms with Crippen LogP contribution < -0.4 is 0 Å². The second-order valence-corrected chi connectivity index (χ2v) is 4.20. The molecular weight excluding hydrogens is 257 g/mol. The molecule has 0 aliphatic heterocycles. The molecule has 0 saturated carbocycles. The van der Waals surface area contributed by atoms with Gasteiger partial charge in [-0.15, -0.1) is 11.6 Å². The zero-order valence-electron chi connectivity index (χ0n) is 9.22. The fourth-order valence-electron chi connectivity index (χ4n) is 1.59. The van der Waals surface area contributed by atoms with E-state index in [-0.39, 0.29) is 11.5 Å². The number of rotatable bonds is 3. The monoisotopic (exact) mass is 265 g/mol. The highest BCUT2D eigenvalue weighted by atomic mass is 35.5. The van der Waals surface area contributed by atoms with Crippen molar-refractivity contribution >= 4 is 17.3 Å². The van der Waals surface area contributed by atoms with Gasteiger partial charge in [-0.05, 0) is 23.3 Å². The standard InChI is InChI=1S/C13H9ClFNO2/c14-13(9-1-5-11(15)6-2-9)10-3-7-12(8-4-10)16(17)18/h1-8,13H. The Bertz CT molecular complexity index is 554. The van der Waals surface area contributed by atoms with Crippen LogP contribution in [0.4, 0.5) is 10.1 Å². The number of hydrogen-bond acceptors (Lipinski definition) is 2. The van der Waals surface area contributed by atoms with Crippen LogP contribution in [0.1, 0.15) is 16.5 Å². The van der Waals surface area contributed by atoms with Crippen molar-refractivity contribution in [1.29, 1.82) is 0 Å². The highest BCUT2D eigenvalue weighted by Crippen LogP contribution is 2.29. The van der Waals surface area contributed by atoms with Gasteiger partial charge in [0.15, 0.2) is 0 Å². The molecule has 5 heteroatoms. The summed E-state index contributed by atoms with van der Waals surface area (Å²) in [5, 5.41) is 10.1. The topological polar surface area (TPSA) is 43.1 Å². The molecule has 1 atom stereocenters. The van der Waals surface area contributed by atoms with Gasteiger partial charge in [-0.3, -0.25) is 10.1 Å². The van der Waals surface area contributed by atoms with Gasteiger partial charge in [0, 0.05) is 12.1 Å². The zero-order valence-corrected chi connectivity index (χ0v) is 9.97. The number of benzene rings is 2. The third-order valence-electron chi connectivity index (χ3n) is 2.56. The first-order chi connectivity index (χ1) is 8.58. The highest BCUT2D eigenvalue weighted by Gasteiger charge is 2.12. The van der Waals surface area contributed by atoms with E-state index in [0.29, 0.717) is 0 Å². The summed E-state index contributed by atoms with van der Waals surface area (Å²) >= 11 is 6.22. The van der Waals surface area contributed by atoms with Gasteiger partial charge in [0.05, 0.1) is 10.3 Å². The van der Waals surface area contributed by atoms with E-state index in [1.807, 2.05) is 0 Å². The number of hydrogen-bond donors (Lipinski definition) is 0. The lowest BCUT2D eigenvalue weighted by Gasteiger charge is -2.09. The Balaban J connectivity index is 2.25. The van der Waals surface area contributed by atoms with Crippen molar-refractivity contribution in [3.05, 3.63) is 75.6 Å². The lowest BCUT2D eigenvalue weighted by atomic mass is 10.0. The fourth-order valence-corrected chi connectivity index (χ4v) is 1.88. The Hall–Kier alpha value is -1.94. The summed E-state index contributed by atoms with van der Waals surface area (Å²) in [6, 6.07) is 11.8. The van der Waals surface area contributed by atoms with E-state index < -0.39 is 10.3 Å². The smallest absolute Gasteiger partial charge is 0.258 e. The Kier molecular flexibility index (Phi) is 3.58. The minimum atomic E-state index is -0.467. The number of alkyl halides is 1. The lowest BCUT2D eigenvalue weighted by Crippen LogP contribution is -1.94. The molecule has 0 aliphatic carbocycles. The van der Waals surface area contributed by atoms with Crippen LogP contribution in [0.2, 0.25) is 0 Å². The van der Waals surface area contributed by atoms with Crippen molar-refractivity contribution in [2.24, 2.45) is 0 Å². The van der Waals surface area contributed by atoms with Gasteiger partial charge in [0.2, 0.25) is 0 Å². The molecule has 0 saturated heterocycles. The molecule has 1 unspecified atom stereocenters. The van der Waals surface area contributed by atoms with Gasteiger partial charge in [0.1, 0.15) is 5.82 Å². The zero-order chi connectivity index (χ0) is 13.1. The predicted molar refractivity (Wildman–Crippen MR) is 67.2 cm³/mol. The summed E-state index contributed by atoms with van der Waals surface area (Å²) in [6.07, 6.45) is 0. The van der Waals surface area contributed by atoms with Crippen molar-refractivity contribution < 1.29 is 9.31 Å². The second-order valence-electron chi connectivity index (χ2n) is 3.76. The van der Waals surface area contributed by atoms with Crippen LogP contribution in [0.5, 0.6) is 0 Å². The molecule has 2 rings (SSSR count). The second kappa shape index (κ2) is 5.14. The third kappa shape index (κ3) is 2.65. The molecular formula is C13H9ClFNO2. The number of halogens is 2. The molecule has 0 aliphatic rings. The summed E-state index contributed by atoms with van der Waals surface area (Å²) in [4.78, 5) is 10.1. The molecule has 2 aromatic rings. The maximum absolute atomic E-state index is 12.8. The Morgan fingerprint density at radius 2 is 1.44 bits per heavy atom. The Labute approximate surface area is 108 Å². The SMILES string of the molecule is O=[N+]([O-])c1ccc(C(Cl)c2ccc(F)cc2)cc1. The number of nitro groups is 1. The molecule has 3 nitrogen and oxygen atoms in total. The molecule has 0 aromatic heterocycles. The fraction of sp³-hybridized carbons (Fsp3) is 0.0769. The molecule has 92 valence electrons. The van der Waals surface area contributed by atoms with Crippen LogP contribution >= 0.6 is 11.6 Å². The third-order valence-corrected chi connectivity index (χ3v) is 3.06. The maximum atomic E-state index is 12.8. The quantitative estimate of drug-likeness (QED) is 0.477. The molecule has 0 spiro atoms. The Morgan fingerprint density at radius 3 is 1.89 bits per heavy atom. The van der Waals surface area contributed by atoms with Gasteiger partial charge in [-0.1, -0.05) is 24.3 Å². The van der Waals surface area contributed by atoms with Crippen molar-refractivity contribution in [3.63, 3.8) is 0 Å². The minimum absolute atomic E-state index is 0.0155. The van der Waals surface area contributed by atoms with Crippen LogP contribution in [-0.4, -0.2) is 4.92 Å². The van der Waals surface area contributed by atoms with Crippen molar-refractivity contribution in [2.45, 2.75) is 5.38 Å². The van der Waals surface area contributed by atoms with Crippen molar-refractivity contribution in [3.8, 4) is 0 Å². The van der Waals surface area contributed by atoms with E-state index in [1.165, 1.54) is 24.3 Å². The first kappa shape index (κ1) is 12.5. The number of nitrogens with zero attached hydrogens (tertiary/aromatic N) is 1. The van der Waals surface area contributed by atoms with Gasteiger partial charge in [-0.25, -0.2) is 4.39 Å². The van der Waals surface area contributed by atoms with Crippen LogP contribution in [0.15, 0.2) is 48.5 Å². The largest absolute Gasteiger partial charge is 0.269 e. The molecule has 18 heavy (non-hydrogen) atoms. The summed E-state index contributed by atoms with van der Waals surface area (Å²) in [7, 11) is 0. The van der Waals surface area contributed by atoms with E-state index in [2.05, 4.69) is 0 Å². The Morgan fingerprint density at radius 1 is 1.00 bits per heavy atom. The lowest BCUT2D eigenvalue weighted by molar-refractivity contribution is -0.384. The summed E-state index contributed by atoms with van der Waals surface area (Å²) in [6.45, 7) is 0. The van der Waals surface area contributed by atoms with Crippen LogP contribution in [0, 0.1) is 15.9 Å². The average Bonchev–Trinajstić information content (AvgIpc) is 2.39. The predicted octanol–water partition coefficient (Wildman–Crippen LogP) is 4.06. The van der Waals surface area contributed by atoms with E-state index in [9.17, 15) is 14.5 Å². The van der Waals surface area contributed by atoms with Gasteiger partial charge in [0.25, 0.3) is 5.69 Å². The molecule has 0 N–H and O–H groups in total. The highest BCUT2D eigenvalue weighted by molar-refractivity contribution is 6.22. The van der Waals surface area contributed by atoms with E-state index in [4.69, 9.17) is 11.6 Å². The van der Waals surface area contributed by atoms with Gasteiger partial charge >= 0.3 is 0 Å². The summed E-state index contributed by atoms with van der Waals surface area (Å²) < 4.78 is 12.8. The molecule has 0 amide bonds. The van der Waals surface area contributed by atoms with Gasteiger partial charge in [-0.2, -0.15) is 0 Å². The van der Waals surface area contributed by atoms with Crippen LogP contribution in [0.3, 0.4) is 0 Å². The van der Waals surface area contributed by atoms with E-state index in [1.54, 1.807) is 24.3 Å². The van der Waals surface area contributed by atoms with Crippen molar-refractivity contribution in [2.75, 3.05) is 0 Å². The van der Waals surface area contributed by atoms with Crippen molar-refractivity contribution in [1.82, 2.24) is 0 Å². The van der Waals surface area contributed by atoms with Crippen LogP contribution in [-0.2, 0) is 0 Å². The summed E-state index contributed by atoms with van der Waals surface area (Å²) in [5.41, 5.74) is 1.49. The first-order valence-corrected chi connectivity index (χ1v) is 5.65. The van der Waals surface area contributed by atoms with E-state index >= 15 is 0 Å². The molecule has 0 heterocycles. The number of nitro benzene ring substituents is 1. The maximum Gasteiger partial charge on any atom is 0.269 e. The molecule has 0 fully saturated rings. The molecule has 0 bridgehead atoms. The first-order valence-electron chi connectivity index (χ1n) is 5.22. The molecule has 0 radical (unpaired) electrons. The minimum Gasteiger partial charge on any atom is -0.258 e. The van der Waals surface area contributed by atoms with Crippen LogP contribution in [0.25, 0.3) is 0 Å². The molecule has 2 aromatic carbocycles.